The lowest BCUT2D eigenvalue weighted by Gasteiger charge is -2.37. The molecule has 3 aromatic carbocycles. The van der Waals surface area contributed by atoms with Crippen LogP contribution >= 0.6 is 0 Å². The molecule has 0 aliphatic heterocycles. The highest BCUT2D eigenvalue weighted by Gasteiger charge is 2.33. The quantitative estimate of drug-likeness (QED) is 0.522. The molecular formula is C24H26NO2. The summed E-state index contributed by atoms with van der Waals surface area (Å²) in [6.07, 6.45) is 4.02. The number of nitrogens with one attached hydrogen (secondary N) is 1. The van der Waals surface area contributed by atoms with Crippen LogP contribution in [0.5, 0.6) is 11.5 Å². The average molecular weight is 360 g/mol. The number of hydrogen-bond donors (Lipinski definition) is 3. The zero-order valence-electron chi connectivity index (χ0n) is 15.6. The fourth-order valence-electron chi connectivity index (χ4n) is 3.38. The minimum atomic E-state index is -0.451. The van der Waals surface area contributed by atoms with E-state index in [-0.39, 0.29) is 11.5 Å². The Kier molecular flexibility index (Phi) is 6.15. The molecule has 3 N–H and O–H groups in total. The maximum absolute atomic E-state index is 9.75. The van der Waals surface area contributed by atoms with E-state index in [4.69, 9.17) is 0 Å². The molecule has 3 nitrogen and oxygen atoms in total. The number of aromatic hydroxyl groups is 2. The second-order valence-corrected chi connectivity index (χ2v) is 6.74. The smallest absolute Gasteiger partial charge is 0.115 e. The van der Waals surface area contributed by atoms with Gasteiger partial charge in [0.05, 0.1) is 5.54 Å². The summed E-state index contributed by atoms with van der Waals surface area (Å²) in [4.78, 5) is 0. The van der Waals surface area contributed by atoms with Crippen LogP contribution in [-0.4, -0.2) is 10.2 Å². The molecule has 0 spiro atoms. The van der Waals surface area contributed by atoms with Gasteiger partial charge in [0.15, 0.2) is 0 Å². The first-order valence-corrected chi connectivity index (χ1v) is 9.33. The largest absolute Gasteiger partial charge is 0.508 e. The first-order valence-electron chi connectivity index (χ1n) is 9.33. The predicted octanol–water partition coefficient (Wildman–Crippen LogP) is 5.14. The highest BCUT2D eigenvalue weighted by molar-refractivity contribution is 5.43. The van der Waals surface area contributed by atoms with Crippen molar-refractivity contribution in [3.8, 4) is 11.5 Å². The molecule has 0 aromatic heterocycles. The van der Waals surface area contributed by atoms with E-state index in [1.165, 1.54) is 5.56 Å². The third-order valence-corrected chi connectivity index (χ3v) is 4.90. The van der Waals surface area contributed by atoms with Crippen LogP contribution in [0.25, 0.3) is 0 Å². The Morgan fingerprint density at radius 2 is 1.30 bits per heavy atom. The summed E-state index contributed by atoms with van der Waals surface area (Å²) in [5.74, 6) is 0.502. The van der Waals surface area contributed by atoms with Crippen LogP contribution in [0.1, 0.15) is 36.5 Å². The van der Waals surface area contributed by atoms with Gasteiger partial charge in [0, 0.05) is 6.54 Å². The van der Waals surface area contributed by atoms with Crippen molar-refractivity contribution in [1.82, 2.24) is 5.32 Å². The molecule has 0 atom stereocenters. The third-order valence-electron chi connectivity index (χ3n) is 4.90. The normalized spacial score (nSPS) is 11.4. The molecule has 3 heteroatoms. The van der Waals surface area contributed by atoms with Crippen molar-refractivity contribution in [2.45, 2.75) is 31.8 Å². The summed E-state index contributed by atoms with van der Waals surface area (Å²) in [6.45, 7) is 2.84. The Balaban J connectivity index is 2.05. The van der Waals surface area contributed by atoms with E-state index in [0.29, 0.717) is 6.54 Å². The molecule has 27 heavy (non-hydrogen) atoms. The lowest BCUT2D eigenvalue weighted by Crippen LogP contribution is -2.43. The molecule has 1 radical (unpaired) electrons. The van der Waals surface area contributed by atoms with Crippen LogP contribution in [0.3, 0.4) is 0 Å². The monoisotopic (exact) mass is 360 g/mol. The Bertz CT molecular complexity index is 781. The molecule has 0 bridgehead atoms. The van der Waals surface area contributed by atoms with E-state index < -0.39 is 5.54 Å². The Labute approximate surface area is 161 Å². The fourth-order valence-corrected chi connectivity index (χ4v) is 3.38. The van der Waals surface area contributed by atoms with Gasteiger partial charge in [-0.2, -0.15) is 0 Å². The molecule has 0 amide bonds. The highest BCUT2D eigenvalue weighted by atomic mass is 16.3. The summed E-state index contributed by atoms with van der Waals surface area (Å²) >= 11 is 0. The van der Waals surface area contributed by atoms with Gasteiger partial charge < -0.3 is 10.2 Å². The van der Waals surface area contributed by atoms with Gasteiger partial charge in [-0.05, 0) is 53.8 Å². The molecule has 0 heterocycles. The Morgan fingerprint density at radius 1 is 0.778 bits per heavy atom. The van der Waals surface area contributed by atoms with Crippen molar-refractivity contribution in [2.24, 2.45) is 0 Å². The second-order valence-electron chi connectivity index (χ2n) is 6.74. The van der Waals surface area contributed by atoms with E-state index in [0.717, 1.165) is 24.0 Å². The summed E-state index contributed by atoms with van der Waals surface area (Å²) in [5, 5.41) is 23.3. The summed E-state index contributed by atoms with van der Waals surface area (Å²) < 4.78 is 0. The number of phenols is 2. The summed E-state index contributed by atoms with van der Waals surface area (Å²) in [7, 11) is 0. The summed E-state index contributed by atoms with van der Waals surface area (Å²) in [6, 6.07) is 25.0. The second kappa shape index (κ2) is 8.74. The summed E-state index contributed by atoms with van der Waals surface area (Å²) in [5.41, 5.74) is 2.90. The van der Waals surface area contributed by atoms with Gasteiger partial charge in [-0.1, -0.05) is 67.9 Å². The molecule has 0 unspecified atom stereocenters. The minimum Gasteiger partial charge on any atom is -0.508 e. The van der Waals surface area contributed by atoms with Crippen LogP contribution in [0, 0.1) is 6.42 Å². The molecule has 0 fully saturated rings. The zero-order valence-corrected chi connectivity index (χ0v) is 15.6. The first kappa shape index (κ1) is 19.0. The van der Waals surface area contributed by atoms with Crippen molar-refractivity contribution in [2.75, 3.05) is 0 Å². The van der Waals surface area contributed by atoms with Crippen molar-refractivity contribution in [1.29, 1.82) is 0 Å². The third kappa shape index (κ3) is 4.50. The predicted molar refractivity (Wildman–Crippen MR) is 109 cm³/mol. The molecular weight excluding hydrogens is 334 g/mol. The average Bonchev–Trinajstić information content (AvgIpc) is 2.71. The van der Waals surface area contributed by atoms with E-state index >= 15 is 0 Å². The van der Waals surface area contributed by atoms with Gasteiger partial charge in [0.25, 0.3) is 0 Å². The maximum Gasteiger partial charge on any atom is 0.115 e. The fraction of sp³-hybridized carbons (Fsp3) is 0.208. The number of phenolic OH excluding ortho intramolecular Hbond substituents is 2. The highest BCUT2D eigenvalue weighted by Crippen LogP contribution is 2.36. The standard InChI is InChI=1S/C24H26NO2/c1-2-3-17-24(20-9-13-22(26)14-10-20,21-11-15-23(27)16-12-21)25-18-19-7-5-4-6-8-19/h3-16,25-27H,2,17-18H2,1H3. The van der Waals surface area contributed by atoms with Crippen molar-refractivity contribution in [3.05, 3.63) is 102 Å². The van der Waals surface area contributed by atoms with Crippen molar-refractivity contribution < 1.29 is 10.2 Å². The van der Waals surface area contributed by atoms with Crippen LogP contribution < -0.4 is 5.32 Å². The van der Waals surface area contributed by atoms with Crippen molar-refractivity contribution >= 4 is 0 Å². The van der Waals surface area contributed by atoms with Gasteiger partial charge in [-0.15, -0.1) is 0 Å². The first-order chi connectivity index (χ1) is 13.1. The molecule has 3 aromatic rings. The zero-order chi connectivity index (χ0) is 19.1. The Morgan fingerprint density at radius 3 is 1.78 bits per heavy atom. The van der Waals surface area contributed by atoms with Gasteiger partial charge >= 0.3 is 0 Å². The van der Waals surface area contributed by atoms with Crippen LogP contribution in [0.4, 0.5) is 0 Å². The molecule has 139 valence electrons. The SMILES string of the molecule is CC[CH]CC(NCc1ccccc1)(c1ccc(O)cc1)c1ccc(O)cc1. The van der Waals surface area contributed by atoms with Gasteiger partial charge in [-0.3, -0.25) is 5.32 Å². The Hall–Kier alpha value is -2.78. The molecule has 0 saturated heterocycles. The maximum atomic E-state index is 9.75. The van der Waals surface area contributed by atoms with Gasteiger partial charge in [-0.25, -0.2) is 0 Å². The molecule has 0 aliphatic carbocycles. The number of rotatable bonds is 8. The molecule has 0 saturated carbocycles. The lowest BCUT2D eigenvalue weighted by molar-refractivity contribution is 0.386. The topological polar surface area (TPSA) is 52.5 Å². The number of benzene rings is 3. The number of unbranched alkanes of at least 4 members (excludes halogenated alkanes) is 1. The van der Waals surface area contributed by atoms with E-state index in [1.807, 2.05) is 42.5 Å². The van der Waals surface area contributed by atoms with E-state index in [1.54, 1.807) is 24.3 Å². The number of hydrogen-bond acceptors (Lipinski definition) is 3. The van der Waals surface area contributed by atoms with Crippen LogP contribution in [-0.2, 0) is 12.1 Å². The van der Waals surface area contributed by atoms with Crippen LogP contribution in [0.2, 0.25) is 0 Å². The van der Waals surface area contributed by atoms with E-state index in [2.05, 4.69) is 30.8 Å². The molecule has 3 rings (SSSR count). The minimum absolute atomic E-state index is 0.251. The lowest BCUT2D eigenvalue weighted by atomic mass is 9.78. The van der Waals surface area contributed by atoms with Crippen LogP contribution in [0.15, 0.2) is 78.9 Å². The molecule has 0 aliphatic rings. The van der Waals surface area contributed by atoms with Gasteiger partial charge in [0.2, 0.25) is 0 Å². The van der Waals surface area contributed by atoms with E-state index in [9.17, 15) is 10.2 Å². The van der Waals surface area contributed by atoms with Gasteiger partial charge in [0.1, 0.15) is 11.5 Å². The van der Waals surface area contributed by atoms with Crippen molar-refractivity contribution in [3.63, 3.8) is 0 Å².